The van der Waals surface area contributed by atoms with Gasteiger partial charge in [0.15, 0.2) is 0 Å². The maximum atomic E-state index is 9.77. The molecule has 0 aliphatic heterocycles. The van der Waals surface area contributed by atoms with E-state index in [1.54, 1.807) is 0 Å². The average Bonchev–Trinajstić information content (AvgIpc) is 2.59. The first-order valence-electron chi connectivity index (χ1n) is 4.88. The molecule has 3 nitrogen and oxygen atoms in total. The van der Waals surface area contributed by atoms with Gasteiger partial charge < -0.3 is 15.3 Å². The van der Waals surface area contributed by atoms with Crippen LogP contribution in [0.15, 0.2) is 12.1 Å². The lowest BCUT2D eigenvalue weighted by Gasteiger charge is -2.12. The first-order chi connectivity index (χ1) is 7.09. The van der Waals surface area contributed by atoms with Gasteiger partial charge in [-0.05, 0) is 26.2 Å². The Kier molecular flexibility index (Phi) is 5.56. The highest BCUT2D eigenvalue weighted by atomic mass is 35.5. The zero-order valence-electron chi connectivity index (χ0n) is 9.03. The molecule has 0 radical (unpaired) electrons. The molecule has 0 fully saturated rings. The molecule has 0 saturated carbocycles. The van der Waals surface area contributed by atoms with Gasteiger partial charge in [0, 0.05) is 24.5 Å². The number of aliphatic hydroxyl groups is 1. The van der Waals surface area contributed by atoms with Gasteiger partial charge in [-0.25, -0.2) is 0 Å². The van der Waals surface area contributed by atoms with Crippen molar-refractivity contribution in [1.29, 1.82) is 0 Å². The van der Waals surface area contributed by atoms with E-state index in [1.807, 2.05) is 26.2 Å². The first kappa shape index (κ1) is 12.9. The van der Waals surface area contributed by atoms with Crippen molar-refractivity contribution >= 4 is 22.9 Å². The Morgan fingerprint density at radius 2 is 2.27 bits per heavy atom. The van der Waals surface area contributed by atoms with E-state index >= 15 is 0 Å². The fourth-order valence-corrected chi connectivity index (χ4v) is 2.20. The number of rotatable bonds is 6. The Bertz CT molecular complexity index is 291. The largest absolute Gasteiger partial charge is 0.386 e. The highest BCUT2D eigenvalue weighted by molar-refractivity contribution is 7.16. The van der Waals surface area contributed by atoms with Gasteiger partial charge in [0.25, 0.3) is 0 Å². The SMILES string of the molecule is CN(C)CCNCC(O)c1ccc(Cl)s1. The minimum absolute atomic E-state index is 0.454. The summed E-state index contributed by atoms with van der Waals surface area (Å²) in [4.78, 5) is 3.01. The second-order valence-electron chi connectivity index (χ2n) is 3.67. The number of nitrogens with zero attached hydrogens (tertiary/aromatic N) is 1. The monoisotopic (exact) mass is 248 g/mol. The molecule has 1 rings (SSSR count). The van der Waals surface area contributed by atoms with Crippen molar-refractivity contribution in [2.45, 2.75) is 6.10 Å². The fraction of sp³-hybridized carbons (Fsp3) is 0.600. The van der Waals surface area contributed by atoms with E-state index in [0.717, 1.165) is 22.3 Å². The summed E-state index contributed by atoms with van der Waals surface area (Å²) in [7, 11) is 4.05. The zero-order chi connectivity index (χ0) is 11.3. The Hall–Kier alpha value is -0.130. The van der Waals surface area contributed by atoms with Crippen molar-refractivity contribution in [3.05, 3.63) is 21.3 Å². The maximum Gasteiger partial charge on any atom is 0.101 e. The van der Waals surface area contributed by atoms with Crippen molar-refractivity contribution < 1.29 is 5.11 Å². The first-order valence-corrected chi connectivity index (χ1v) is 6.08. The van der Waals surface area contributed by atoms with Crippen molar-refractivity contribution in [2.75, 3.05) is 33.7 Å². The minimum atomic E-state index is -0.454. The Labute approximate surface area is 99.7 Å². The minimum Gasteiger partial charge on any atom is -0.386 e. The van der Waals surface area contributed by atoms with Crippen molar-refractivity contribution in [1.82, 2.24) is 10.2 Å². The van der Waals surface area contributed by atoms with Crippen LogP contribution < -0.4 is 5.32 Å². The van der Waals surface area contributed by atoms with Crippen LogP contribution in [-0.2, 0) is 0 Å². The van der Waals surface area contributed by atoms with Gasteiger partial charge in [-0.15, -0.1) is 11.3 Å². The molecule has 5 heteroatoms. The third-order valence-corrected chi connectivity index (χ3v) is 3.33. The van der Waals surface area contributed by atoms with E-state index < -0.39 is 6.10 Å². The normalized spacial score (nSPS) is 13.4. The van der Waals surface area contributed by atoms with E-state index in [-0.39, 0.29) is 0 Å². The highest BCUT2D eigenvalue weighted by Crippen LogP contribution is 2.26. The third kappa shape index (κ3) is 4.95. The topological polar surface area (TPSA) is 35.5 Å². The Morgan fingerprint density at radius 1 is 1.53 bits per heavy atom. The summed E-state index contributed by atoms with van der Waals surface area (Å²) in [5.74, 6) is 0. The number of hydrogen-bond donors (Lipinski definition) is 2. The molecule has 86 valence electrons. The second-order valence-corrected chi connectivity index (χ2v) is 5.41. The number of aliphatic hydroxyl groups excluding tert-OH is 1. The molecule has 0 aromatic carbocycles. The molecule has 1 aromatic heterocycles. The molecule has 0 amide bonds. The van der Waals surface area contributed by atoms with Crippen molar-refractivity contribution in [3.8, 4) is 0 Å². The van der Waals surface area contributed by atoms with Crippen LogP contribution in [0.4, 0.5) is 0 Å². The summed E-state index contributed by atoms with van der Waals surface area (Å²) in [6.07, 6.45) is -0.454. The molecule has 1 unspecified atom stereocenters. The number of thiophene rings is 1. The van der Waals surface area contributed by atoms with Crippen LogP contribution in [0.25, 0.3) is 0 Å². The van der Waals surface area contributed by atoms with E-state index in [0.29, 0.717) is 6.54 Å². The van der Waals surface area contributed by atoms with Crippen LogP contribution in [0, 0.1) is 0 Å². The van der Waals surface area contributed by atoms with Gasteiger partial charge in [-0.1, -0.05) is 11.6 Å². The molecule has 0 spiro atoms. The lowest BCUT2D eigenvalue weighted by atomic mass is 10.3. The average molecular weight is 249 g/mol. The zero-order valence-corrected chi connectivity index (χ0v) is 10.6. The van der Waals surface area contributed by atoms with Crippen molar-refractivity contribution in [2.24, 2.45) is 0 Å². The molecule has 2 N–H and O–H groups in total. The predicted octanol–water partition coefficient (Wildman–Crippen LogP) is 1.59. The van der Waals surface area contributed by atoms with Gasteiger partial charge >= 0.3 is 0 Å². The van der Waals surface area contributed by atoms with E-state index in [1.165, 1.54) is 11.3 Å². The molecular formula is C10H17ClN2OS. The molecule has 0 bridgehead atoms. The summed E-state index contributed by atoms with van der Waals surface area (Å²) in [5.41, 5.74) is 0. The lowest BCUT2D eigenvalue weighted by molar-refractivity contribution is 0.177. The van der Waals surface area contributed by atoms with E-state index in [4.69, 9.17) is 11.6 Å². The summed E-state index contributed by atoms with van der Waals surface area (Å²) >= 11 is 7.21. The standard InChI is InChI=1S/C10H17ClN2OS/c1-13(2)6-5-12-7-8(14)9-3-4-10(11)15-9/h3-4,8,12,14H,5-7H2,1-2H3. The van der Waals surface area contributed by atoms with Crippen LogP contribution in [0.2, 0.25) is 4.34 Å². The van der Waals surface area contributed by atoms with Crippen molar-refractivity contribution in [3.63, 3.8) is 0 Å². The van der Waals surface area contributed by atoms with Gasteiger partial charge in [0.2, 0.25) is 0 Å². The summed E-state index contributed by atoms with van der Waals surface area (Å²) in [5, 5.41) is 13.0. The Balaban J connectivity index is 2.21. The maximum absolute atomic E-state index is 9.77. The van der Waals surface area contributed by atoms with Crippen LogP contribution in [0.3, 0.4) is 0 Å². The fourth-order valence-electron chi connectivity index (χ4n) is 1.15. The molecule has 1 aromatic rings. The number of hydrogen-bond acceptors (Lipinski definition) is 4. The number of nitrogens with one attached hydrogen (secondary N) is 1. The number of likely N-dealkylation sites (N-methyl/N-ethyl adjacent to an activating group) is 1. The molecule has 0 aliphatic rings. The highest BCUT2D eigenvalue weighted by Gasteiger charge is 2.09. The van der Waals surface area contributed by atoms with Gasteiger partial charge in [-0.2, -0.15) is 0 Å². The Morgan fingerprint density at radius 3 is 2.80 bits per heavy atom. The van der Waals surface area contributed by atoms with Crippen LogP contribution >= 0.6 is 22.9 Å². The van der Waals surface area contributed by atoms with Crippen LogP contribution in [0.5, 0.6) is 0 Å². The quantitative estimate of drug-likeness (QED) is 0.751. The number of halogens is 1. The van der Waals surface area contributed by atoms with E-state index in [9.17, 15) is 5.11 Å². The third-order valence-electron chi connectivity index (χ3n) is 2.00. The molecular weight excluding hydrogens is 232 g/mol. The van der Waals surface area contributed by atoms with Gasteiger partial charge in [-0.3, -0.25) is 0 Å². The van der Waals surface area contributed by atoms with Crippen LogP contribution in [0.1, 0.15) is 11.0 Å². The second kappa shape index (κ2) is 6.45. The predicted molar refractivity (Wildman–Crippen MR) is 65.7 cm³/mol. The van der Waals surface area contributed by atoms with Gasteiger partial charge in [0.05, 0.1) is 4.34 Å². The summed E-state index contributed by atoms with van der Waals surface area (Å²) in [6, 6.07) is 3.68. The molecule has 15 heavy (non-hydrogen) atoms. The summed E-state index contributed by atoms with van der Waals surface area (Å²) in [6.45, 7) is 2.42. The van der Waals surface area contributed by atoms with E-state index in [2.05, 4.69) is 10.2 Å². The molecule has 0 saturated heterocycles. The smallest absolute Gasteiger partial charge is 0.101 e. The lowest BCUT2D eigenvalue weighted by Crippen LogP contribution is -2.29. The molecule has 0 aliphatic carbocycles. The molecule has 1 heterocycles. The molecule has 1 atom stereocenters. The summed E-state index contributed by atoms with van der Waals surface area (Å²) < 4.78 is 0.720. The van der Waals surface area contributed by atoms with Crippen LogP contribution in [-0.4, -0.2) is 43.7 Å². The van der Waals surface area contributed by atoms with Gasteiger partial charge in [0.1, 0.15) is 6.10 Å².